The lowest BCUT2D eigenvalue weighted by Gasteiger charge is -2.17. The van der Waals surface area contributed by atoms with Gasteiger partial charge >= 0.3 is 0 Å². The lowest BCUT2D eigenvalue weighted by Crippen LogP contribution is -2.33. The number of nitrogens with one attached hydrogen (secondary N) is 1. The molecule has 4 heteroatoms. The van der Waals surface area contributed by atoms with Gasteiger partial charge in [-0.1, -0.05) is 0 Å². The Labute approximate surface area is 113 Å². The average Bonchev–Trinajstić information content (AvgIpc) is 2.58. The van der Waals surface area contributed by atoms with Crippen molar-refractivity contribution in [2.75, 3.05) is 19.0 Å². The third kappa shape index (κ3) is 1.96. The van der Waals surface area contributed by atoms with E-state index in [1.54, 1.807) is 25.1 Å². The van der Waals surface area contributed by atoms with Gasteiger partial charge in [0.1, 0.15) is 0 Å². The second-order valence-electron chi connectivity index (χ2n) is 5.60. The highest BCUT2D eigenvalue weighted by Gasteiger charge is 2.42. The molecule has 0 radical (unpaired) electrons. The zero-order valence-electron chi connectivity index (χ0n) is 12.1. The smallest absolute Gasteiger partial charge is 0.236 e. The van der Waals surface area contributed by atoms with Gasteiger partial charge in [0, 0.05) is 18.3 Å². The third-order valence-corrected chi connectivity index (χ3v) is 3.98. The number of ketones is 1. The maximum atomic E-state index is 12.2. The summed E-state index contributed by atoms with van der Waals surface area (Å²) in [6, 6.07) is 5.28. The van der Waals surface area contributed by atoms with Crippen LogP contribution in [0.4, 0.5) is 5.69 Å². The number of anilines is 1. The average molecular weight is 260 g/mol. The summed E-state index contributed by atoms with van der Waals surface area (Å²) in [5, 5.41) is 2.94. The van der Waals surface area contributed by atoms with Crippen molar-refractivity contribution in [3.63, 3.8) is 0 Å². The zero-order valence-corrected chi connectivity index (χ0v) is 12.1. The van der Waals surface area contributed by atoms with Crippen LogP contribution in [0.1, 0.15) is 36.7 Å². The molecule has 1 heterocycles. The van der Waals surface area contributed by atoms with E-state index in [0.29, 0.717) is 5.56 Å². The molecule has 19 heavy (non-hydrogen) atoms. The van der Waals surface area contributed by atoms with E-state index in [-0.39, 0.29) is 17.7 Å². The molecule has 1 aliphatic rings. The Hall–Kier alpha value is -1.68. The number of carbonyl (C=O) groups excluding carboxylic acids is 2. The van der Waals surface area contributed by atoms with E-state index in [1.807, 2.05) is 32.9 Å². The highest BCUT2D eigenvalue weighted by atomic mass is 16.2. The van der Waals surface area contributed by atoms with Crippen LogP contribution in [-0.4, -0.2) is 31.8 Å². The largest absolute Gasteiger partial charge is 0.314 e. The lowest BCUT2D eigenvalue weighted by molar-refractivity contribution is -0.121. The fourth-order valence-corrected chi connectivity index (χ4v) is 2.51. The third-order valence-electron chi connectivity index (χ3n) is 3.98. The number of likely N-dealkylation sites (N-methyl/N-ethyl adjacent to an activating group) is 2. The highest BCUT2D eigenvalue weighted by Crippen LogP contribution is 2.41. The minimum Gasteiger partial charge on any atom is -0.314 e. The number of hydrogen-bond donors (Lipinski definition) is 1. The molecule has 1 aromatic carbocycles. The van der Waals surface area contributed by atoms with Gasteiger partial charge in [0.05, 0.1) is 11.5 Å². The van der Waals surface area contributed by atoms with Crippen molar-refractivity contribution in [3.8, 4) is 0 Å². The summed E-state index contributed by atoms with van der Waals surface area (Å²) in [4.78, 5) is 26.0. The number of amides is 1. The lowest BCUT2D eigenvalue weighted by atomic mass is 9.85. The van der Waals surface area contributed by atoms with Gasteiger partial charge in [-0.05, 0) is 51.6 Å². The maximum absolute atomic E-state index is 12.2. The second-order valence-corrected chi connectivity index (χ2v) is 5.60. The number of hydrogen-bond acceptors (Lipinski definition) is 3. The number of Topliss-reactive ketones (excluding diaryl/α,β-unsaturated/α-hetero) is 1. The van der Waals surface area contributed by atoms with E-state index in [9.17, 15) is 9.59 Å². The van der Waals surface area contributed by atoms with Crippen LogP contribution in [-0.2, 0) is 10.2 Å². The summed E-state index contributed by atoms with van der Waals surface area (Å²) < 4.78 is 0. The molecule has 1 amide bonds. The van der Waals surface area contributed by atoms with E-state index in [0.717, 1.165) is 11.3 Å². The molecule has 0 spiro atoms. The summed E-state index contributed by atoms with van der Waals surface area (Å²) in [6.07, 6.45) is 0. The summed E-state index contributed by atoms with van der Waals surface area (Å²) in [7, 11) is 3.53. The normalized spacial score (nSPS) is 18.4. The fourth-order valence-electron chi connectivity index (χ4n) is 2.51. The molecule has 1 atom stereocenters. The summed E-state index contributed by atoms with van der Waals surface area (Å²) in [5.41, 5.74) is 1.90. The van der Waals surface area contributed by atoms with Gasteiger partial charge in [-0.15, -0.1) is 0 Å². The van der Waals surface area contributed by atoms with Crippen LogP contribution < -0.4 is 10.2 Å². The first-order valence-electron chi connectivity index (χ1n) is 6.45. The van der Waals surface area contributed by atoms with Crippen LogP contribution in [0.2, 0.25) is 0 Å². The minimum absolute atomic E-state index is 0.0445. The molecule has 0 aromatic heterocycles. The SMILES string of the molecule is CNC(C)C(=O)c1ccc2c(c1)C(C)(C)C(=O)N2C. The van der Waals surface area contributed by atoms with Gasteiger partial charge in [0.25, 0.3) is 0 Å². The van der Waals surface area contributed by atoms with Crippen molar-refractivity contribution in [3.05, 3.63) is 29.3 Å². The number of carbonyl (C=O) groups is 2. The Bertz CT molecular complexity index is 549. The van der Waals surface area contributed by atoms with Crippen molar-refractivity contribution < 1.29 is 9.59 Å². The predicted octanol–water partition coefficient (Wildman–Crippen LogP) is 1.73. The predicted molar refractivity (Wildman–Crippen MR) is 75.7 cm³/mol. The fraction of sp³-hybridized carbons (Fsp3) is 0.467. The number of benzene rings is 1. The number of fused-ring (bicyclic) bond motifs is 1. The molecular formula is C15H20N2O2. The molecule has 102 valence electrons. The van der Waals surface area contributed by atoms with E-state index < -0.39 is 5.41 Å². The highest BCUT2D eigenvalue weighted by molar-refractivity contribution is 6.09. The molecule has 0 fully saturated rings. The van der Waals surface area contributed by atoms with Crippen LogP contribution in [0.5, 0.6) is 0 Å². The van der Waals surface area contributed by atoms with Gasteiger partial charge in [0.2, 0.25) is 5.91 Å². The number of rotatable bonds is 3. The molecule has 1 aliphatic heterocycles. The Balaban J connectivity index is 2.49. The van der Waals surface area contributed by atoms with Crippen LogP contribution in [0.15, 0.2) is 18.2 Å². The maximum Gasteiger partial charge on any atom is 0.236 e. The van der Waals surface area contributed by atoms with Gasteiger partial charge in [-0.25, -0.2) is 0 Å². The van der Waals surface area contributed by atoms with Crippen molar-refractivity contribution in [2.45, 2.75) is 32.2 Å². The topological polar surface area (TPSA) is 49.4 Å². The monoisotopic (exact) mass is 260 g/mol. The van der Waals surface area contributed by atoms with E-state index in [4.69, 9.17) is 0 Å². The van der Waals surface area contributed by atoms with Crippen molar-refractivity contribution in [2.24, 2.45) is 0 Å². The molecule has 0 aliphatic carbocycles. The van der Waals surface area contributed by atoms with Crippen molar-refractivity contribution >= 4 is 17.4 Å². The summed E-state index contributed by atoms with van der Waals surface area (Å²) in [6.45, 7) is 5.62. The molecule has 0 saturated carbocycles. The van der Waals surface area contributed by atoms with Gasteiger partial charge < -0.3 is 10.2 Å². The minimum atomic E-state index is -0.566. The first kappa shape index (κ1) is 13.7. The molecule has 0 bridgehead atoms. The Morgan fingerprint density at radius 2 is 2.00 bits per heavy atom. The molecule has 1 unspecified atom stereocenters. The quantitative estimate of drug-likeness (QED) is 0.842. The van der Waals surface area contributed by atoms with Crippen LogP contribution in [0.25, 0.3) is 0 Å². The molecule has 1 aromatic rings. The Kier molecular flexibility index (Phi) is 3.22. The second kappa shape index (κ2) is 4.46. The standard InChI is InChI=1S/C15H20N2O2/c1-9(16-4)13(18)10-6-7-12-11(8-10)15(2,3)14(19)17(12)5/h6-9,16H,1-5H3. The molecule has 2 rings (SSSR count). The summed E-state index contributed by atoms with van der Waals surface area (Å²) in [5.74, 6) is 0.108. The van der Waals surface area contributed by atoms with Crippen molar-refractivity contribution in [1.82, 2.24) is 5.32 Å². The molecule has 0 saturated heterocycles. The molecule has 1 N–H and O–H groups in total. The first-order chi connectivity index (χ1) is 8.80. The van der Waals surface area contributed by atoms with Gasteiger partial charge in [-0.3, -0.25) is 9.59 Å². The Morgan fingerprint density at radius 1 is 1.37 bits per heavy atom. The molecule has 4 nitrogen and oxygen atoms in total. The van der Waals surface area contributed by atoms with Gasteiger partial charge in [0.15, 0.2) is 5.78 Å². The van der Waals surface area contributed by atoms with E-state index in [1.165, 1.54) is 0 Å². The summed E-state index contributed by atoms with van der Waals surface area (Å²) >= 11 is 0. The van der Waals surface area contributed by atoms with E-state index >= 15 is 0 Å². The van der Waals surface area contributed by atoms with Crippen LogP contribution in [0.3, 0.4) is 0 Å². The van der Waals surface area contributed by atoms with Crippen LogP contribution in [0, 0.1) is 0 Å². The Morgan fingerprint density at radius 3 is 2.58 bits per heavy atom. The van der Waals surface area contributed by atoms with Crippen molar-refractivity contribution in [1.29, 1.82) is 0 Å². The zero-order chi connectivity index (χ0) is 14.4. The first-order valence-corrected chi connectivity index (χ1v) is 6.45. The molecular weight excluding hydrogens is 240 g/mol. The van der Waals surface area contributed by atoms with Gasteiger partial charge in [-0.2, -0.15) is 0 Å². The van der Waals surface area contributed by atoms with Crippen LogP contribution >= 0.6 is 0 Å². The van der Waals surface area contributed by atoms with E-state index in [2.05, 4.69) is 5.32 Å². The number of nitrogens with zero attached hydrogens (tertiary/aromatic N) is 1.